The number of piperidine rings is 1. The first kappa shape index (κ1) is 30.7. The monoisotopic (exact) mass is 585 g/mol. The number of carbonyl (C=O) groups is 4. The van der Waals surface area contributed by atoms with E-state index < -0.39 is 35.9 Å². The zero-order valence-electron chi connectivity index (χ0n) is 24.4. The molecule has 0 unspecified atom stereocenters. The minimum atomic E-state index is -1.12. The Bertz CT molecular complexity index is 1250. The first-order valence-corrected chi connectivity index (χ1v) is 16.0. The summed E-state index contributed by atoms with van der Waals surface area (Å²) in [7, 11) is 0. The van der Waals surface area contributed by atoms with E-state index in [2.05, 4.69) is 20.9 Å². The number of aromatic amines is 1. The molecule has 2 heterocycles. The van der Waals surface area contributed by atoms with Gasteiger partial charge in [-0.25, -0.2) is 9.59 Å². The summed E-state index contributed by atoms with van der Waals surface area (Å²) in [4.78, 5) is 57.7. The lowest BCUT2D eigenvalue weighted by Crippen LogP contribution is -2.60. The van der Waals surface area contributed by atoms with Gasteiger partial charge in [0.25, 0.3) is 0 Å². The molecule has 1 saturated heterocycles. The fraction of sp³-hybridized carbons (Fsp3) is 0.600. The van der Waals surface area contributed by atoms with Gasteiger partial charge >= 0.3 is 12.0 Å². The largest absolute Gasteiger partial charge is 0.480 e. The zero-order valence-corrected chi connectivity index (χ0v) is 25.2. The normalized spacial score (nSPS) is 21.1. The molecule has 4 amide bonds. The Labute approximate surface area is 245 Å². The van der Waals surface area contributed by atoms with Crippen molar-refractivity contribution in [2.45, 2.75) is 95.9 Å². The topological polar surface area (TPSA) is 144 Å². The Morgan fingerprint density at radius 3 is 2.29 bits per heavy atom. The van der Waals surface area contributed by atoms with Crippen LogP contribution in [0.25, 0.3) is 10.9 Å². The minimum absolute atomic E-state index is 0.00114. The summed E-state index contributed by atoms with van der Waals surface area (Å²) in [6.45, 7) is 5.97. The average Bonchev–Trinajstić information content (AvgIpc) is 3.72. The number of aromatic nitrogens is 1. The number of hydrogen-bond acceptors (Lipinski definition) is 5. The molecule has 1 aromatic heterocycles. The number of urea groups is 1. The van der Waals surface area contributed by atoms with E-state index in [0.717, 1.165) is 54.3 Å². The van der Waals surface area contributed by atoms with Gasteiger partial charge < -0.3 is 30.9 Å². The van der Waals surface area contributed by atoms with Gasteiger partial charge in [-0.3, -0.25) is 9.59 Å². The van der Waals surface area contributed by atoms with Gasteiger partial charge in [-0.05, 0) is 88.9 Å². The quantitative estimate of drug-likeness (QED) is 0.258. The van der Waals surface area contributed by atoms with E-state index in [1.807, 2.05) is 56.2 Å². The van der Waals surface area contributed by atoms with Crippen molar-refractivity contribution in [3.63, 3.8) is 0 Å². The van der Waals surface area contributed by atoms with Gasteiger partial charge in [-0.2, -0.15) is 11.8 Å². The summed E-state index contributed by atoms with van der Waals surface area (Å²) in [5.74, 6) is -1.53. The lowest BCUT2D eigenvalue weighted by molar-refractivity contribution is -0.142. The van der Waals surface area contributed by atoms with Crippen molar-refractivity contribution in [2.75, 3.05) is 12.0 Å². The molecule has 11 heteroatoms. The van der Waals surface area contributed by atoms with E-state index in [1.54, 1.807) is 0 Å². The number of amides is 4. The molecular weight excluding hydrogens is 542 g/mol. The van der Waals surface area contributed by atoms with Gasteiger partial charge in [-0.15, -0.1) is 0 Å². The maximum absolute atomic E-state index is 13.7. The Kier molecular flexibility index (Phi) is 10.2. The minimum Gasteiger partial charge on any atom is -0.480 e. The van der Waals surface area contributed by atoms with Crippen molar-refractivity contribution in [3.05, 3.63) is 35.5 Å². The van der Waals surface area contributed by atoms with Crippen molar-refractivity contribution < 1.29 is 24.3 Å². The number of thioether (sulfide) groups is 1. The SMILES string of the molecule is CSCC[C@@H](NC(=O)[C@@H](Cc1c(C)[nH]c2ccccc12)NC(=O)[C@@H](NC(=O)N1[C@H](C)CCC[C@@H]1C)C1CC1)C(=O)O. The summed E-state index contributed by atoms with van der Waals surface area (Å²) in [6, 6.07) is 4.78. The van der Waals surface area contributed by atoms with Gasteiger partial charge in [0.05, 0.1) is 0 Å². The average molecular weight is 586 g/mol. The van der Waals surface area contributed by atoms with E-state index in [1.165, 1.54) is 11.8 Å². The number of benzene rings is 1. The zero-order chi connectivity index (χ0) is 29.7. The van der Waals surface area contributed by atoms with Crippen LogP contribution in [0.5, 0.6) is 0 Å². The molecule has 0 spiro atoms. The van der Waals surface area contributed by atoms with Gasteiger partial charge in [0, 0.05) is 35.1 Å². The molecule has 41 heavy (non-hydrogen) atoms. The van der Waals surface area contributed by atoms with Crippen LogP contribution in [0.4, 0.5) is 4.79 Å². The highest BCUT2D eigenvalue weighted by Crippen LogP contribution is 2.33. The highest BCUT2D eigenvalue weighted by molar-refractivity contribution is 7.98. The fourth-order valence-corrected chi connectivity index (χ4v) is 6.37. The van der Waals surface area contributed by atoms with Crippen LogP contribution in [0.15, 0.2) is 24.3 Å². The van der Waals surface area contributed by atoms with Crippen molar-refractivity contribution in [1.29, 1.82) is 0 Å². The third kappa shape index (κ3) is 7.55. The standard InChI is InChI=1S/C30H43N5O5S/c1-17-8-7-9-18(2)35(17)30(40)34-26(20-12-13-20)28(37)33-25(27(36)32-24(29(38)39)14-15-41-4)16-22-19(3)31-23-11-6-5-10-21(22)23/h5-6,10-11,17-18,20,24-26,31H,7-9,12-16H2,1-4H3,(H,32,36)(H,33,37)(H,34,40)(H,38,39)/t17-,18+,24-,25-,26+/m1/s1. The van der Waals surface area contributed by atoms with Gasteiger partial charge in [0.15, 0.2) is 0 Å². The molecule has 5 N–H and O–H groups in total. The second-order valence-corrected chi connectivity index (χ2v) is 12.5. The summed E-state index contributed by atoms with van der Waals surface area (Å²) < 4.78 is 0. The number of H-pyrrole nitrogens is 1. The number of carbonyl (C=O) groups excluding carboxylic acids is 3. The number of carboxylic acids is 1. The highest BCUT2D eigenvalue weighted by Gasteiger charge is 2.41. The molecule has 1 aliphatic heterocycles. The van der Waals surface area contributed by atoms with E-state index in [-0.39, 0.29) is 36.9 Å². The molecule has 2 aliphatic rings. The number of rotatable bonds is 12. The molecule has 1 aliphatic carbocycles. The number of likely N-dealkylation sites (tertiary alicyclic amines) is 1. The number of hydrogen-bond donors (Lipinski definition) is 5. The second kappa shape index (κ2) is 13.6. The van der Waals surface area contributed by atoms with E-state index in [9.17, 15) is 24.3 Å². The number of fused-ring (bicyclic) bond motifs is 1. The third-order valence-electron chi connectivity index (χ3n) is 8.38. The van der Waals surface area contributed by atoms with Crippen molar-refractivity contribution in [1.82, 2.24) is 25.8 Å². The number of aryl methyl sites for hydroxylation is 1. The molecule has 2 fully saturated rings. The lowest BCUT2D eigenvalue weighted by Gasteiger charge is -2.39. The maximum atomic E-state index is 13.7. The molecule has 0 radical (unpaired) electrons. The van der Waals surface area contributed by atoms with Crippen molar-refractivity contribution in [3.8, 4) is 0 Å². The van der Waals surface area contributed by atoms with E-state index in [4.69, 9.17) is 0 Å². The molecule has 5 atom stereocenters. The van der Waals surface area contributed by atoms with Crippen LogP contribution in [0.3, 0.4) is 0 Å². The van der Waals surface area contributed by atoms with Gasteiger partial charge in [-0.1, -0.05) is 18.2 Å². The number of aliphatic carboxylic acids is 1. The molecule has 1 aromatic carbocycles. The van der Waals surface area contributed by atoms with Crippen molar-refractivity contribution in [2.24, 2.45) is 5.92 Å². The first-order chi connectivity index (χ1) is 19.6. The first-order valence-electron chi connectivity index (χ1n) is 14.6. The van der Waals surface area contributed by atoms with Crippen LogP contribution in [0, 0.1) is 12.8 Å². The molecule has 0 bridgehead atoms. The van der Waals surface area contributed by atoms with Gasteiger partial charge in [0.1, 0.15) is 18.1 Å². The maximum Gasteiger partial charge on any atom is 0.326 e. The molecule has 224 valence electrons. The summed E-state index contributed by atoms with van der Waals surface area (Å²) in [5.41, 5.74) is 2.66. The molecule has 1 saturated carbocycles. The Balaban J connectivity index is 1.56. The molecule has 10 nitrogen and oxygen atoms in total. The predicted octanol–water partition coefficient (Wildman–Crippen LogP) is 3.58. The Morgan fingerprint density at radius 1 is 1.00 bits per heavy atom. The van der Waals surface area contributed by atoms with Crippen LogP contribution >= 0.6 is 11.8 Å². The summed E-state index contributed by atoms with van der Waals surface area (Å²) in [5, 5.41) is 19.2. The lowest BCUT2D eigenvalue weighted by atomic mass is 9.98. The number of para-hydroxylation sites is 1. The van der Waals surface area contributed by atoms with Gasteiger partial charge in [0.2, 0.25) is 11.8 Å². The van der Waals surface area contributed by atoms with E-state index >= 15 is 0 Å². The van der Waals surface area contributed by atoms with Crippen LogP contribution < -0.4 is 16.0 Å². The number of carboxylic acid groups (broad SMARTS) is 1. The number of nitrogens with one attached hydrogen (secondary N) is 4. The summed E-state index contributed by atoms with van der Waals surface area (Å²) >= 11 is 1.50. The highest BCUT2D eigenvalue weighted by atomic mass is 32.2. The predicted molar refractivity (Wildman–Crippen MR) is 161 cm³/mol. The second-order valence-electron chi connectivity index (χ2n) is 11.5. The fourth-order valence-electron chi connectivity index (χ4n) is 5.89. The molecular formula is C30H43N5O5S. The number of nitrogens with zero attached hydrogens (tertiary/aromatic N) is 1. The van der Waals surface area contributed by atoms with Crippen LogP contribution in [-0.2, 0) is 20.8 Å². The molecule has 4 rings (SSSR count). The Hall–Kier alpha value is -3.21. The van der Waals surface area contributed by atoms with Crippen molar-refractivity contribution >= 4 is 46.5 Å². The van der Waals surface area contributed by atoms with Crippen LogP contribution in [0.1, 0.15) is 63.6 Å². The van der Waals surface area contributed by atoms with Crippen LogP contribution in [-0.4, -0.2) is 81.0 Å². The summed E-state index contributed by atoms with van der Waals surface area (Å²) in [6.07, 6.45) is 6.86. The molecule has 2 aromatic rings. The third-order valence-corrected chi connectivity index (χ3v) is 9.02. The Morgan fingerprint density at radius 2 is 1.66 bits per heavy atom. The smallest absolute Gasteiger partial charge is 0.326 e. The van der Waals surface area contributed by atoms with E-state index in [0.29, 0.717) is 5.75 Å². The van der Waals surface area contributed by atoms with Crippen LogP contribution in [0.2, 0.25) is 0 Å².